The van der Waals surface area contributed by atoms with Crippen LogP contribution < -0.4 is 0 Å². The van der Waals surface area contributed by atoms with Crippen molar-refractivity contribution in [3.05, 3.63) is 65.8 Å². The molecule has 1 spiro atoms. The zero-order valence-electron chi connectivity index (χ0n) is 9.95. The molecule has 0 radical (unpaired) electrons. The Morgan fingerprint density at radius 2 is 1.94 bits per heavy atom. The molecule has 1 aromatic carbocycles. The van der Waals surface area contributed by atoms with Crippen molar-refractivity contribution in [1.82, 2.24) is 0 Å². The Kier molecular flexibility index (Phi) is 1.68. The summed E-state index contributed by atoms with van der Waals surface area (Å²) in [5, 5.41) is 0. The molecule has 0 heteroatoms. The summed E-state index contributed by atoms with van der Waals surface area (Å²) in [6.45, 7) is 4.29. The van der Waals surface area contributed by atoms with Crippen LogP contribution in [0, 0.1) is 11.3 Å². The van der Waals surface area contributed by atoms with E-state index in [0.29, 0.717) is 11.3 Å². The van der Waals surface area contributed by atoms with E-state index in [4.69, 9.17) is 0 Å². The van der Waals surface area contributed by atoms with Gasteiger partial charge < -0.3 is 0 Å². The third kappa shape index (κ3) is 1.04. The lowest BCUT2D eigenvalue weighted by molar-refractivity contribution is 0.482. The Balaban J connectivity index is 1.91. The molecular weight excluding hydrogens is 204 g/mol. The van der Waals surface area contributed by atoms with Crippen molar-refractivity contribution in [2.75, 3.05) is 0 Å². The number of allylic oxidation sites excluding steroid dienone is 5. The largest absolute Gasteiger partial charge is 0.0949 e. The average molecular weight is 220 g/mol. The maximum atomic E-state index is 4.29. The summed E-state index contributed by atoms with van der Waals surface area (Å²) in [6, 6.07) is 10.9. The molecular formula is C17H16. The quantitative estimate of drug-likeness (QED) is 0.659. The van der Waals surface area contributed by atoms with Gasteiger partial charge in [0, 0.05) is 11.3 Å². The molecule has 0 aliphatic heterocycles. The fourth-order valence-corrected chi connectivity index (χ4v) is 4.04. The second-order valence-electron chi connectivity index (χ2n) is 5.52. The lowest BCUT2D eigenvalue weighted by Gasteiger charge is -2.29. The molecule has 2 atom stereocenters. The fraction of sp³-hybridized carbons (Fsp3) is 0.294. The Hall–Kier alpha value is -1.56. The Bertz CT molecular complexity index is 559. The Morgan fingerprint density at radius 3 is 2.76 bits per heavy atom. The maximum Gasteiger partial charge on any atom is 0.0217 e. The first kappa shape index (κ1) is 9.47. The molecule has 1 saturated carbocycles. The Labute approximate surface area is 102 Å². The smallest absolute Gasteiger partial charge is 0.0217 e. The van der Waals surface area contributed by atoms with Gasteiger partial charge in [0.2, 0.25) is 0 Å². The molecule has 0 saturated heterocycles. The zero-order chi connectivity index (χ0) is 11.5. The minimum Gasteiger partial charge on any atom is -0.0949 e. The van der Waals surface area contributed by atoms with Gasteiger partial charge in [0.15, 0.2) is 0 Å². The van der Waals surface area contributed by atoms with E-state index < -0.39 is 0 Å². The molecule has 0 heterocycles. The van der Waals surface area contributed by atoms with Crippen molar-refractivity contribution in [3.8, 4) is 0 Å². The SMILES string of the molecule is C=C1C2=CCC[C@]23C[C@H]1C=C3c1ccccc1. The normalized spacial score (nSPS) is 33.6. The van der Waals surface area contributed by atoms with Crippen LogP contribution in [0.4, 0.5) is 0 Å². The fourth-order valence-electron chi connectivity index (χ4n) is 4.04. The minimum atomic E-state index is 0.336. The lowest BCUT2D eigenvalue weighted by atomic mass is 9.74. The molecule has 0 nitrogen and oxygen atoms in total. The van der Waals surface area contributed by atoms with Gasteiger partial charge >= 0.3 is 0 Å². The van der Waals surface area contributed by atoms with Crippen LogP contribution in [0.5, 0.6) is 0 Å². The van der Waals surface area contributed by atoms with E-state index in [1.807, 2.05) is 0 Å². The molecule has 3 aliphatic carbocycles. The van der Waals surface area contributed by atoms with Crippen LogP contribution in [-0.4, -0.2) is 0 Å². The van der Waals surface area contributed by atoms with Crippen LogP contribution in [0.1, 0.15) is 24.8 Å². The number of hydrogen-bond acceptors (Lipinski definition) is 0. The highest BCUT2D eigenvalue weighted by Crippen LogP contribution is 2.66. The number of rotatable bonds is 1. The monoisotopic (exact) mass is 220 g/mol. The van der Waals surface area contributed by atoms with Crippen LogP contribution in [0.25, 0.3) is 5.57 Å². The molecule has 4 rings (SSSR count). The predicted octanol–water partition coefficient (Wildman–Crippen LogP) is 4.37. The van der Waals surface area contributed by atoms with Gasteiger partial charge in [0.1, 0.15) is 0 Å². The molecule has 3 aliphatic rings. The maximum absolute atomic E-state index is 4.29. The molecule has 1 aromatic rings. The van der Waals surface area contributed by atoms with Crippen LogP contribution in [0.3, 0.4) is 0 Å². The van der Waals surface area contributed by atoms with Crippen molar-refractivity contribution in [1.29, 1.82) is 0 Å². The van der Waals surface area contributed by atoms with Gasteiger partial charge in [-0.15, -0.1) is 0 Å². The molecule has 1 fully saturated rings. The summed E-state index contributed by atoms with van der Waals surface area (Å²) in [6.07, 6.45) is 8.70. The standard InChI is InChI=1S/C17H16/c1-12-14-10-16(13-6-3-2-4-7-13)17(11-14)9-5-8-15(12)17/h2-4,6-8,10,14H,1,5,9,11H2/t14-,17+/m1/s1. The number of fused-ring (bicyclic) bond motifs is 1. The third-order valence-electron chi connectivity index (χ3n) is 4.77. The minimum absolute atomic E-state index is 0.336. The number of hydrogen-bond donors (Lipinski definition) is 0. The zero-order valence-corrected chi connectivity index (χ0v) is 9.95. The van der Waals surface area contributed by atoms with Crippen molar-refractivity contribution in [2.24, 2.45) is 11.3 Å². The van der Waals surface area contributed by atoms with E-state index in [0.717, 1.165) is 0 Å². The molecule has 0 N–H and O–H groups in total. The molecule has 0 aromatic heterocycles. The first-order valence-electron chi connectivity index (χ1n) is 6.49. The Morgan fingerprint density at radius 1 is 1.12 bits per heavy atom. The predicted molar refractivity (Wildman–Crippen MR) is 71.4 cm³/mol. The molecule has 0 unspecified atom stereocenters. The van der Waals surface area contributed by atoms with E-state index in [2.05, 4.69) is 49.1 Å². The summed E-state index contributed by atoms with van der Waals surface area (Å²) in [4.78, 5) is 0. The summed E-state index contributed by atoms with van der Waals surface area (Å²) in [7, 11) is 0. The van der Waals surface area contributed by atoms with Crippen LogP contribution in [0.15, 0.2) is 60.2 Å². The van der Waals surface area contributed by atoms with Crippen LogP contribution in [-0.2, 0) is 0 Å². The van der Waals surface area contributed by atoms with Gasteiger partial charge in [-0.25, -0.2) is 0 Å². The third-order valence-corrected chi connectivity index (χ3v) is 4.77. The molecule has 0 amide bonds. The molecule has 84 valence electrons. The highest BCUT2D eigenvalue weighted by molar-refractivity contribution is 5.82. The van der Waals surface area contributed by atoms with E-state index in [1.165, 1.54) is 30.4 Å². The molecule has 17 heavy (non-hydrogen) atoms. The van der Waals surface area contributed by atoms with Crippen LogP contribution in [0.2, 0.25) is 0 Å². The average Bonchev–Trinajstić information content (AvgIpc) is 3.01. The van der Waals surface area contributed by atoms with Gasteiger partial charge in [0.25, 0.3) is 0 Å². The van der Waals surface area contributed by atoms with E-state index in [9.17, 15) is 0 Å². The van der Waals surface area contributed by atoms with E-state index in [1.54, 1.807) is 11.1 Å². The van der Waals surface area contributed by atoms with Gasteiger partial charge in [-0.1, -0.05) is 49.1 Å². The summed E-state index contributed by atoms with van der Waals surface area (Å²) >= 11 is 0. The van der Waals surface area contributed by atoms with Crippen molar-refractivity contribution in [3.63, 3.8) is 0 Å². The first-order chi connectivity index (χ1) is 8.31. The summed E-state index contributed by atoms with van der Waals surface area (Å²) in [5.74, 6) is 0.608. The van der Waals surface area contributed by atoms with Gasteiger partial charge in [-0.2, -0.15) is 0 Å². The van der Waals surface area contributed by atoms with Gasteiger partial charge in [0.05, 0.1) is 0 Å². The topological polar surface area (TPSA) is 0 Å². The highest BCUT2D eigenvalue weighted by atomic mass is 14.6. The van der Waals surface area contributed by atoms with Gasteiger partial charge in [-0.05, 0) is 41.5 Å². The van der Waals surface area contributed by atoms with Crippen molar-refractivity contribution >= 4 is 5.57 Å². The van der Waals surface area contributed by atoms with Crippen LogP contribution >= 0.6 is 0 Å². The first-order valence-corrected chi connectivity index (χ1v) is 6.49. The molecule has 2 bridgehead atoms. The second-order valence-corrected chi connectivity index (χ2v) is 5.52. The summed E-state index contributed by atoms with van der Waals surface area (Å²) < 4.78 is 0. The second kappa shape index (κ2) is 3.01. The van der Waals surface area contributed by atoms with Crippen molar-refractivity contribution in [2.45, 2.75) is 19.3 Å². The van der Waals surface area contributed by atoms with E-state index >= 15 is 0 Å². The lowest BCUT2D eigenvalue weighted by Crippen LogP contribution is -2.16. The summed E-state index contributed by atoms with van der Waals surface area (Å²) in [5.41, 5.74) is 6.27. The highest BCUT2D eigenvalue weighted by Gasteiger charge is 2.53. The van der Waals surface area contributed by atoms with Gasteiger partial charge in [-0.3, -0.25) is 0 Å². The van der Waals surface area contributed by atoms with Crippen molar-refractivity contribution < 1.29 is 0 Å². The van der Waals surface area contributed by atoms with E-state index in [-0.39, 0.29) is 0 Å². The number of benzene rings is 1.